The number of aliphatic hydroxyl groups excluding tert-OH is 1. The summed E-state index contributed by atoms with van der Waals surface area (Å²) in [5.74, 6) is 0. The maximum Gasteiger partial charge on any atom is 0.416 e. The fourth-order valence-corrected chi connectivity index (χ4v) is 2.33. The topological polar surface area (TPSA) is 37.3 Å². The number of benzene rings is 2. The Morgan fingerprint density at radius 2 is 1.82 bits per heavy atom. The standard InChI is InChI=1S/C16H11F3O2S/c17-16(18,19)13-6-5-10(12(8-13)9-20)7-11-3-1-2-4-14(11)15(21)22/h1-6,8-9H,7H2,(H,21,22). The van der Waals surface area contributed by atoms with Gasteiger partial charge < -0.3 is 5.11 Å². The molecule has 114 valence electrons. The van der Waals surface area contributed by atoms with Crippen molar-refractivity contribution in [3.8, 4) is 0 Å². The molecule has 0 fully saturated rings. The number of rotatable bonds is 4. The van der Waals surface area contributed by atoms with E-state index in [1.165, 1.54) is 6.07 Å². The molecule has 0 amide bonds. The average Bonchev–Trinajstić information content (AvgIpc) is 2.46. The molecule has 0 heterocycles. The van der Waals surface area contributed by atoms with Crippen LogP contribution in [0, 0.1) is 0 Å². The fourth-order valence-electron chi connectivity index (χ4n) is 2.13. The van der Waals surface area contributed by atoms with Gasteiger partial charge in [-0.1, -0.05) is 30.3 Å². The van der Waals surface area contributed by atoms with Gasteiger partial charge >= 0.3 is 6.18 Å². The summed E-state index contributed by atoms with van der Waals surface area (Å²) >= 11 is 4.73. The minimum atomic E-state index is -4.50. The Hall–Kier alpha value is -2.21. The van der Waals surface area contributed by atoms with Crippen LogP contribution in [-0.2, 0) is 12.6 Å². The highest BCUT2D eigenvalue weighted by Gasteiger charge is 2.31. The van der Waals surface area contributed by atoms with E-state index < -0.39 is 11.7 Å². The van der Waals surface area contributed by atoms with Crippen LogP contribution in [-0.4, -0.2) is 16.4 Å². The van der Waals surface area contributed by atoms with E-state index in [1.54, 1.807) is 24.3 Å². The molecule has 0 bridgehead atoms. The van der Waals surface area contributed by atoms with Gasteiger partial charge in [-0.15, -0.1) is 0 Å². The summed E-state index contributed by atoms with van der Waals surface area (Å²) in [4.78, 5) is 11.1. The summed E-state index contributed by atoms with van der Waals surface area (Å²) in [6.07, 6.45) is -3.91. The molecule has 2 nitrogen and oxygen atoms in total. The Morgan fingerprint density at radius 1 is 1.14 bits per heavy atom. The molecule has 0 radical (unpaired) electrons. The third-order valence-electron chi connectivity index (χ3n) is 3.23. The van der Waals surface area contributed by atoms with Crippen LogP contribution in [0.25, 0.3) is 0 Å². The first kappa shape index (κ1) is 16.2. The van der Waals surface area contributed by atoms with Crippen molar-refractivity contribution in [1.82, 2.24) is 0 Å². The molecular weight excluding hydrogens is 313 g/mol. The number of hydrogen-bond acceptors (Lipinski definition) is 2. The first-order valence-corrected chi connectivity index (χ1v) is 6.70. The number of carbonyl (C=O) groups is 1. The molecule has 0 atom stereocenters. The van der Waals surface area contributed by atoms with Gasteiger partial charge in [0.05, 0.1) is 5.56 Å². The molecule has 0 aromatic heterocycles. The minimum Gasteiger partial charge on any atom is -0.499 e. The maximum atomic E-state index is 12.7. The maximum absolute atomic E-state index is 12.7. The zero-order chi connectivity index (χ0) is 16.3. The van der Waals surface area contributed by atoms with Crippen molar-refractivity contribution in [2.75, 3.05) is 0 Å². The average molecular weight is 324 g/mol. The number of aliphatic hydroxyl groups is 1. The van der Waals surface area contributed by atoms with Gasteiger partial charge in [0, 0.05) is 11.1 Å². The summed E-state index contributed by atoms with van der Waals surface area (Å²) in [5.41, 5.74) is 0.594. The Labute approximate surface area is 130 Å². The van der Waals surface area contributed by atoms with Crippen LogP contribution in [0.5, 0.6) is 0 Å². The number of thiocarbonyl (C=S) groups is 1. The highest BCUT2D eigenvalue weighted by Crippen LogP contribution is 2.31. The Balaban J connectivity index is 2.43. The monoisotopic (exact) mass is 324 g/mol. The summed E-state index contributed by atoms with van der Waals surface area (Å²) in [5, 5.41) is 9.18. The summed E-state index contributed by atoms with van der Waals surface area (Å²) < 4.78 is 38.0. The highest BCUT2D eigenvalue weighted by molar-refractivity contribution is 7.80. The first-order valence-electron chi connectivity index (χ1n) is 6.29. The lowest BCUT2D eigenvalue weighted by atomic mass is 9.95. The van der Waals surface area contributed by atoms with Crippen LogP contribution in [0.1, 0.15) is 32.6 Å². The van der Waals surface area contributed by atoms with E-state index in [0.29, 0.717) is 23.0 Å². The fraction of sp³-hybridized carbons (Fsp3) is 0.125. The molecule has 6 heteroatoms. The molecule has 0 saturated carbocycles. The van der Waals surface area contributed by atoms with Crippen LogP contribution in [0.4, 0.5) is 13.2 Å². The molecule has 0 aliphatic carbocycles. The van der Waals surface area contributed by atoms with E-state index in [4.69, 9.17) is 12.2 Å². The Morgan fingerprint density at radius 3 is 2.41 bits per heavy atom. The predicted octanol–water partition coefficient (Wildman–Crippen LogP) is 4.34. The summed E-state index contributed by atoms with van der Waals surface area (Å²) in [6.45, 7) is 0. The van der Waals surface area contributed by atoms with Gasteiger partial charge in [0.15, 0.2) is 5.05 Å². The number of alkyl halides is 3. The largest absolute Gasteiger partial charge is 0.499 e. The van der Waals surface area contributed by atoms with Crippen molar-refractivity contribution >= 4 is 23.6 Å². The van der Waals surface area contributed by atoms with Crippen LogP contribution >= 0.6 is 12.2 Å². The zero-order valence-corrected chi connectivity index (χ0v) is 12.0. The second-order valence-corrected chi connectivity index (χ2v) is 5.05. The second kappa shape index (κ2) is 6.27. The molecule has 0 spiro atoms. The van der Waals surface area contributed by atoms with Crippen molar-refractivity contribution in [2.45, 2.75) is 12.6 Å². The van der Waals surface area contributed by atoms with E-state index in [-0.39, 0.29) is 17.0 Å². The molecule has 0 unspecified atom stereocenters. The van der Waals surface area contributed by atoms with Crippen molar-refractivity contribution in [2.24, 2.45) is 0 Å². The Kier molecular flexibility index (Phi) is 4.61. The van der Waals surface area contributed by atoms with E-state index in [9.17, 15) is 23.1 Å². The van der Waals surface area contributed by atoms with Crippen LogP contribution in [0.3, 0.4) is 0 Å². The quantitative estimate of drug-likeness (QED) is 0.671. The number of aldehydes is 1. The van der Waals surface area contributed by atoms with E-state index in [1.807, 2.05) is 0 Å². The normalized spacial score (nSPS) is 11.2. The van der Waals surface area contributed by atoms with Gasteiger partial charge in [-0.25, -0.2) is 0 Å². The van der Waals surface area contributed by atoms with Crippen LogP contribution < -0.4 is 0 Å². The smallest absolute Gasteiger partial charge is 0.416 e. The molecule has 2 aromatic carbocycles. The first-order chi connectivity index (χ1) is 10.3. The van der Waals surface area contributed by atoms with E-state index in [2.05, 4.69) is 0 Å². The Bertz CT molecular complexity index is 724. The van der Waals surface area contributed by atoms with Crippen molar-refractivity contribution in [3.05, 3.63) is 70.3 Å². The predicted molar refractivity (Wildman–Crippen MR) is 80.4 cm³/mol. The zero-order valence-electron chi connectivity index (χ0n) is 11.2. The van der Waals surface area contributed by atoms with E-state index in [0.717, 1.165) is 12.1 Å². The molecule has 22 heavy (non-hydrogen) atoms. The van der Waals surface area contributed by atoms with Gasteiger partial charge in [0.1, 0.15) is 6.29 Å². The lowest BCUT2D eigenvalue weighted by Crippen LogP contribution is -2.08. The summed E-state index contributed by atoms with van der Waals surface area (Å²) in [6, 6.07) is 9.75. The lowest BCUT2D eigenvalue weighted by Gasteiger charge is -2.12. The van der Waals surface area contributed by atoms with Crippen LogP contribution in [0.2, 0.25) is 0 Å². The molecular formula is C16H11F3O2S. The number of hydrogen-bond donors (Lipinski definition) is 1. The van der Waals surface area contributed by atoms with Gasteiger partial charge in [0.25, 0.3) is 0 Å². The van der Waals surface area contributed by atoms with Gasteiger partial charge in [-0.2, -0.15) is 13.2 Å². The molecule has 2 rings (SSSR count). The second-order valence-electron chi connectivity index (χ2n) is 4.67. The van der Waals surface area contributed by atoms with Crippen LogP contribution in [0.15, 0.2) is 42.5 Å². The molecule has 1 N–H and O–H groups in total. The van der Waals surface area contributed by atoms with Gasteiger partial charge in [-0.3, -0.25) is 4.79 Å². The van der Waals surface area contributed by atoms with Crippen molar-refractivity contribution in [3.63, 3.8) is 0 Å². The summed E-state index contributed by atoms with van der Waals surface area (Å²) in [7, 11) is 0. The highest BCUT2D eigenvalue weighted by atomic mass is 32.1. The number of halogens is 3. The van der Waals surface area contributed by atoms with Crippen molar-refractivity contribution in [1.29, 1.82) is 0 Å². The van der Waals surface area contributed by atoms with Crippen molar-refractivity contribution < 1.29 is 23.1 Å². The SMILES string of the molecule is O=Cc1cc(C(F)(F)F)ccc1Cc1ccccc1C(O)=S. The van der Waals surface area contributed by atoms with Gasteiger partial charge in [0.2, 0.25) is 0 Å². The molecule has 0 aliphatic rings. The third kappa shape index (κ3) is 3.51. The molecule has 2 aromatic rings. The van der Waals surface area contributed by atoms with E-state index >= 15 is 0 Å². The number of carbonyl (C=O) groups excluding carboxylic acids is 1. The minimum absolute atomic E-state index is 0.0338. The van der Waals surface area contributed by atoms with Gasteiger partial charge in [-0.05, 0) is 41.9 Å². The lowest BCUT2D eigenvalue weighted by molar-refractivity contribution is -0.137. The third-order valence-corrected chi connectivity index (χ3v) is 3.45. The molecule has 0 saturated heterocycles. The molecule has 0 aliphatic heterocycles.